The monoisotopic (exact) mass is 323 g/mol. The molecule has 0 saturated carbocycles. The third-order valence-corrected chi connectivity index (χ3v) is 4.16. The molecule has 0 aliphatic carbocycles. The van der Waals surface area contributed by atoms with E-state index in [0.717, 1.165) is 22.6 Å². The van der Waals surface area contributed by atoms with Crippen molar-refractivity contribution in [3.8, 4) is 11.5 Å². The van der Waals surface area contributed by atoms with E-state index in [2.05, 4.69) is 12.0 Å². The fraction of sp³-hybridized carbons (Fsp3) is 0.263. The van der Waals surface area contributed by atoms with Gasteiger partial charge in [0.15, 0.2) is 0 Å². The summed E-state index contributed by atoms with van der Waals surface area (Å²) in [6.45, 7) is 2.71. The third kappa shape index (κ3) is 3.25. The molecule has 5 heteroatoms. The van der Waals surface area contributed by atoms with Crippen molar-refractivity contribution in [1.82, 2.24) is 5.01 Å². The number of nitrogens with zero attached hydrogens (tertiary/aromatic N) is 2. The van der Waals surface area contributed by atoms with Gasteiger partial charge in [-0.05, 0) is 29.8 Å². The van der Waals surface area contributed by atoms with Gasteiger partial charge in [0.2, 0.25) is 0 Å². The van der Waals surface area contributed by atoms with Crippen molar-refractivity contribution in [3.63, 3.8) is 0 Å². The van der Waals surface area contributed by atoms with Gasteiger partial charge in [0.25, 0.3) is 0 Å². The van der Waals surface area contributed by atoms with E-state index in [4.69, 9.17) is 10.1 Å². The Hall–Kier alpha value is -2.82. The molecule has 1 heterocycles. The van der Waals surface area contributed by atoms with Crippen LogP contribution in [0.3, 0.4) is 0 Å². The molecule has 1 aliphatic heterocycles. The third-order valence-electron chi connectivity index (χ3n) is 4.16. The number of amidine groups is 1. The van der Waals surface area contributed by atoms with E-state index in [-0.39, 0.29) is 11.7 Å². The second-order valence-corrected chi connectivity index (χ2v) is 5.96. The van der Waals surface area contributed by atoms with Gasteiger partial charge in [-0.15, -0.1) is 0 Å². The van der Waals surface area contributed by atoms with Crippen molar-refractivity contribution in [2.45, 2.75) is 13.3 Å². The van der Waals surface area contributed by atoms with Gasteiger partial charge < -0.3 is 9.84 Å². The van der Waals surface area contributed by atoms with E-state index in [1.54, 1.807) is 24.3 Å². The van der Waals surface area contributed by atoms with Gasteiger partial charge in [-0.1, -0.05) is 31.2 Å². The van der Waals surface area contributed by atoms with Crippen LogP contribution in [0.15, 0.2) is 53.6 Å². The summed E-state index contributed by atoms with van der Waals surface area (Å²) in [4.78, 5) is 0. The topological polar surface area (TPSA) is 68.9 Å². The van der Waals surface area contributed by atoms with Crippen LogP contribution in [0.4, 0.5) is 0 Å². The number of benzene rings is 2. The van der Waals surface area contributed by atoms with E-state index in [1.807, 2.05) is 36.4 Å². The second kappa shape index (κ2) is 6.74. The smallest absolute Gasteiger partial charge is 0.124 e. The van der Waals surface area contributed by atoms with Crippen LogP contribution < -0.4 is 4.74 Å². The van der Waals surface area contributed by atoms with Crippen LogP contribution in [-0.2, 0) is 6.42 Å². The fourth-order valence-corrected chi connectivity index (χ4v) is 2.82. The molecular formula is C19H21N3O2. The Morgan fingerprint density at radius 3 is 2.62 bits per heavy atom. The number of phenolic OH excluding ortho intramolecular Hbond substituents is 1. The average molecular weight is 323 g/mol. The standard InChI is InChI=1S/C19H21N3O2/c1-13-12-22(21-19(13)16-5-3-4-6-17(16)23)18(20)11-14-7-9-15(24-2)10-8-14/h3-10,13,20,23H,11-12H2,1-2H3. The lowest BCUT2D eigenvalue weighted by atomic mass is 9.98. The van der Waals surface area contributed by atoms with Crippen molar-refractivity contribution in [1.29, 1.82) is 5.41 Å². The maximum atomic E-state index is 10.0. The Morgan fingerprint density at radius 1 is 1.25 bits per heavy atom. The molecule has 1 atom stereocenters. The van der Waals surface area contributed by atoms with E-state index < -0.39 is 0 Å². The van der Waals surface area contributed by atoms with Crippen LogP contribution in [0.2, 0.25) is 0 Å². The molecule has 124 valence electrons. The lowest BCUT2D eigenvalue weighted by Crippen LogP contribution is -2.26. The minimum Gasteiger partial charge on any atom is -0.507 e. The molecule has 0 bridgehead atoms. The molecule has 5 nitrogen and oxygen atoms in total. The summed E-state index contributed by atoms with van der Waals surface area (Å²) >= 11 is 0. The molecule has 3 rings (SSSR count). The maximum absolute atomic E-state index is 10.0. The van der Waals surface area contributed by atoms with Crippen molar-refractivity contribution in [3.05, 3.63) is 59.7 Å². The highest BCUT2D eigenvalue weighted by Crippen LogP contribution is 2.26. The number of aromatic hydroxyl groups is 1. The Bertz CT molecular complexity index is 768. The first kappa shape index (κ1) is 16.1. The first-order valence-electron chi connectivity index (χ1n) is 7.93. The number of nitrogens with one attached hydrogen (secondary N) is 1. The van der Waals surface area contributed by atoms with Crippen LogP contribution in [0, 0.1) is 11.3 Å². The highest BCUT2D eigenvalue weighted by atomic mass is 16.5. The summed E-state index contributed by atoms with van der Waals surface area (Å²) in [5, 5.41) is 24.7. The molecule has 0 radical (unpaired) electrons. The molecule has 24 heavy (non-hydrogen) atoms. The number of rotatable bonds is 4. The van der Waals surface area contributed by atoms with Crippen LogP contribution in [0.1, 0.15) is 18.1 Å². The second-order valence-electron chi connectivity index (χ2n) is 5.96. The van der Waals surface area contributed by atoms with E-state index in [9.17, 15) is 5.11 Å². The number of hydrazone groups is 1. The number of hydrogen-bond acceptors (Lipinski definition) is 4. The summed E-state index contributed by atoms with van der Waals surface area (Å²) in [5.74, 6) is 1.64. The summed E-state index contributed by atoms with van der Waals surface area (Å²) < 4.78 is 5.15. The molecule has 0 fully saturated rings. The molecule has 0 aromatic heterocycles. The van der Waals surface area contributed by atoms with Crippen molar-refractivity contribution in [2.24, 2.45) is 11.0 Å². The highest BCUT2D eigenvalue weighted by Gasteiger charge is 2.27. The maximum Gasteiger partial charge on any atom is 0.124 e. The summed E-state index contributed by atoms with van der Waals surface area (Å²) in [7, 11) is 1.64. The first-order valence-corrected chi connectivity index (χ1v) is 7.93. The van der Waals surface area contributed by atoms with Crippen LogP contribution in [-0.4, -0.2) is 35.3 Å². The van der Waals surface area contributed by atoms with Crippen molar-refractivity contribution in [2.75, 3.05) is 13.7 Å². The molecule has 0 amide bonds. The number of ether oxygens (including phenoxy) is 1. The molecule has 1 unspecified atom stereocenters. The average Bonchev–Trinajstić information content (AvgIpc) is 2.98. The van der Waals surface area contributed by atoms with E-state index in [1.165, 1.54) is 0 Å². The van der Waals surface area contributed by atoms with Gasteiger partial charge in [-0.2, -0.15) is 5.10 Å². The molecule has 2 N–H and O–H groups in total. The van der Waals surface area contributed by atoms with Crippen LogP contribution >= 0.6 is 0 Å². The molecule has 2 aromatic rings. The molecule has 2 aromatic carbocycles. The predicted molar refractivity (Wildman–Crippen MR) is 94.9 cm³/mol. The number of para-hydroxylation sites is 1. The zero-order chi connectivity index (χ0) is 17.1. The van der Waals surface area contributed by atoms with Gasteiger partial charge >= 0.3 is 0 Å². The Labute approximate surface area is 141 Å². The zero-order valence-corrected chi connectivity index (χ0v) is 13.9. The number of methoxy groups -OCH3 is 1. The van der Waals surface area contributed by atoms with Crippen molar-refractivity contribution >= 4 is 11.5 Å². The zero-order valence-electron chi connectivity index (χ0n) is 13.9. The van der Waals surface area contributed by atoms with Gasteiger partial charge in [0.1, 0.15) is 17.3 Å². The van der Waals surface area contributed by atoms with Crippen LogP contribution in [0.5, 0.6) is 11.5 Å². The van der Waals surface area contributed by atoms with E-state index >= 15 is 0 Å². The van der Waals surface area contributed by atoms with Gasteiger partial charge in [-0.3, -0.25) is 10.4 Å². The number of hydrogen-bond donors (Lipinski definition) is 2. The van der Waals surface area contributed by atoms with Crippen LogP contribution in [0.25, 0.3) is 0 Å². The van der Waals surface area contributed by atoms with Gasteiger partial charge in [-0.25, -0.2) is 0 Å². The highest BCUT2D eigenvalue weighted by molar-refractivity contribution is 6.06. The lowest BCUT2D eigenvalue weighted by Gasteiger charge is -2.15. The minimum atomic E-state index is 0.162. The Morgan fingerprint density at radius 2 is 1.96 bits per heavy atom. The van der Waals surface area contributed by atoms with Gasteiger partial charge in [0.05, 0.1) is 19.4 Å². The Balaban J connectivity index is 1.75. The largest absolute Gasteiger partial charge is 0.507 e. The van der Waals surface area contributed by atoms with Gasteiger partial charge in [0, 0.05) is 17.9 Å². The Kier molecular flexibility index (Phi) is 4.51. The SMILES string of the molecule is COc1ccc(CC(=N)N2CC(C)C(c3ccccc3O)=N2)cc1. The quantitative estimate of drug-likeness (QED) is 0.670. The molecule has 0 saturated heterocycles. The molecule has 0 spiro atoms. The summed E-state index contributed by atoms with van der Waals surface area (Å²) in [5.41, 5.74) is 2.61. The summed E-state index contributed by atoms with van der Waals surface area (Å²) in [6.07, 6.45) is 0.508. The number of phenols is 1. The first-order chi connectivity index (χ1) is 11.6. The minimum absolute atomic E-state index is 0.162. The van der Waals surface area contributed by atoms with E-state index in [0.29, 0.717) is 18.8 Å². The fourth-order valence-electron chi connectivity index (χ4n) is 2.82. The molecule has 1 aliphatic rings. The predicted octanol–water partition coefficient (Wildman–Crippen LogP) is 3.28. The lowest BCUT2D eigenvalue weighted by molar-refractivity contribution is 0.414. The van der Waals surface area contributed by atoms with Crippen molar-refractivity contribution < 1.29 is 9.84 Å². The molecular weight excluding hydrogens is 302 g/mol. The normalized spacial score (nSPS) is 16.8. The summed E-state index contributed by atoms with van der Waals surface area (Å²) in [6, 6.07) is 14.9.